The Hall–Kier alpha value is -1.52. The van der Waals surface area contributed by atoms with E-state index in [9.17, 15) is 0 Å². The molecule has 0 bridgehead atoms. The van der Waals surface area contributed by atoms with E-state index in [1.54, 1.807) is 0 Å². The number of fused-ring (bicyclic) bond motifs is 1. The van der Waals surface area contributed by atoms with E-state index in [1.807, 2.05) is 35.7 Å². The van der Waals surface area contributed by atoms with Crippen molar-refractivity contribution >= 4 is 33.6 Å². The van der Waals surface area contributed by atoms with E-state index in [2.05, 4.69) is 48.5 Å². The lowest BCUT2D eigenvalue weighted by molar-refractivity contribution is 0.809. The van der Waals surface area contributed by atoms with Crippen molar-refractivity contribution < 1.29 is 0 Å². The molecule has 2 aromatic rings. The molecule has 0 fully saturated rings. The first-order valence-electron chi connectivity index (χ1n) is 6.50. The van der Waals surface area contributed by atoms with Gasteiger partial charge in [0.05, 0.1) is 0 Å². The molecule has 2 aliphatic heterocycles. The zero-order valence-corrected chi connectivity index (χ0v) is 12.3. The normalized spacial score (nSPS) is 24.2. The summed E-state index contributed by atoms with van der Waals surface area (Å²) in [6.07, 6.45) is 0.0652. The van der Waals surface area contributed by atoms with Gasteiger partial charge in [0.2, 0.25) is 0 Å². The summed E-state index contributed by atoms with van der Waals surface area (Å²) in [5.41, 5.74) is 2.40. The highest BCUT2D eigenvalue weighted by molar-refractivity contribution is 8.31. The van der Waals surface area contributed by atoms with Gasteiger partial charge >= 0.3 is 0 Å². The molecule has 2 heterocycles. The molecule has 2 nitrogen and oxygen atoms in total. The zero-order chi connectivity index (χ0) is 13.4. The number of thioether (sulfide) groups is 2. The molecule has 4 heteroatoms. The zero-order valence-electron chi connectivity index (χ0n) is 10.6. The SMILES string of the molecule is c1ccc(C2=NC3N=C(c4ccccc4)SC3S2)cc1. The summed E-state index contributed by atoms with van der Waals surface area (Å²) in [4.78, 5) is 9.53. The second kappa shape index (κ2) is 5.11. The average Bonchev–Trinajstić information content (AvgIpc) is 3.08. The smallest absolute Gasteiger partial charge is 0.163 e. The number of nitrogens with zero attached hydrogens (tertiary/aromatic N) is 2. The summed E-state index contributed by atoms with van der Waals surface area (Å²) in [7, 11) is 0. The van der Waals surface area contributed by atoms with Crippen LogP contribution in [0.25, 0.3) is 0 Å². The van der Waals surface area contributed by atoms with Gasteiger partial charge in [-0.05, 0) is 0 Å². The maximum absolute atomic E-state index is 4.77. The number of hydrogen-bond donors (Lipinski definition) is 0. The van der Waals surface area contributed by atoms with Crippen LogP contribution in [0, 0.1) is 0 Å². The van der Waals surface area contributed by atoms with Gasteiger partial charge in [-0.3, -0.25) is 0 Å². The van der Waals surface area contributed by atoms with E-state index in [4.69, 9.17) is 9.98 Å². The van der Waals surface area contributed by atoms with Crippen LogP contribution in [0.4, 0.5) is 0 Å². The molecule has 0 N–H and O–H groups in total. The van der Waals surface area contributed by atoms with E-state index in [1.165, 1.54) is 11.1 Å². The lowest BCUT2D eigenvalue weighted by atomic mass is 10.2. The minimum Gasteiger partial charge on any atom is -0.249 e. The van der Waals surface area contributed by atoms with Crippen LogP contribution in [0.3, 0.4) is 0 Å². The summed E-state index contributed by atoms with van der Waals surface area (Å²) >= 11 is 3.66. The van der Waals surface area contributed by atoms with Crippen LogP contribution in [0.2, 0.25) is 0 Å². The van der Waals surface area contributed by atoms with Crippen LogP contribution in [0.5, 0.6) is 0 Å². The Kier molecular flexibility index (Phi) is 3.13. The van der Waals surface area contributed by atoms with E-state index >= 15 is 0 Å². The van der Waals surface area contributed by atoms with Crippen molar-refractivity contribution in [2.45, 2.75) is 10.7 Å². The third-order valence-electron chi connectivity index (χ3n) is 3.24. The average molecular weight is 296 g/mol. The third-order valence-corrected chi connectivity index (χ3v) is 5.90. The molecule has 2 aromatic carbocycles. The van der Waals surface area contributed by atoms with Crippen molar-refractivity contribution in [3.05, 3.63) is 71.8 Å². The van der Waals surface area contributed by atoms with E-state index < -0.39 is 0 Å². The van der Waals surface area contributed by atoms with Crippen molar-refractivity contribution in [1.29, 1.82) is 0 Å². The molecule has 0 radical (unpaired) electrons. The van der Waals surface area contributed by atoms with Gasteiger partial charge in [-0.25, -0.2) is 9.98 Å². The Morgan fingerprint density at radius 3 is 1.50 bits per heavy atom. The molecule has 0 spiro atoms. The van der Waals surface area contributed by atoms with Gasteiger partial charge in [-0.15, -0.1) is 0 Å². The Bertz CT molecular complexity index is 621. The molecular weight excluding hydrogens is 284 g/mol. The highest BCUT2D eigenvalue weighted by Gasteiger charge is 2.37. The molecule has 2 aliphatic rings. The number of rotatable bonds is 2. The highest BCUT2D eigenvalue weighted by Crippen LogP contribution is 2.44. The molecule has 98 valence electrons. The first kappa shape index (κ1) is 12.2. The minimum absolute atomic E-state index is 0.0652. The Morgan fingerprint density at radius 2 is 1.10 bits per heavy atom. The minimum atomic E-state index is 0.0652. The van der Waals surface area contributed by atoms with Gasteiger partial charge in [-0.2, -0.15) is 0 Å². The lowest BCUT2D eigenvalue weighted by Gasteiger charge is -2.04. The summed E-state index contributed by atoms with van der Waals surface area (Å²) < 4.78 is 0.389. The van der Waals surface area contributed by atoms with E-state index in [0.717, 1.165) is 10.1 Å². The maximum Gasteiger partial charge on any atom is 0.163 e. The van der Waals surface area contributed by atoms with Gasteiger partial charge in [0.1, 0.15) is 14.7 Å². The van der Waals surface area contributed by atoms with E-state index in [-0.39, 0.29) is 6.17 Å². The van der Waals surface area contributed by atoms with Crippen LogP contribution < -0.4 is 0 Å². The van der Waals surface area contributed by atoms with Crippen LogP contribution in [0.1, 0.15) is 11.1 Å². The molecule has 0 aliphatic carbocycles. The van der Waals surface area contributed by atoms with Gasteiger partial charge < -0.3 is 0 Å². The highest BCUT2D eigenvalue weighted by atomic mass is 32.2. The van der Waals surface area contributed by atoms with Crippen LogP contribution in [-0.4, -0.2) is 20.8 Å². The van der Waals surface area contributed by atoms with Crippen molar-refractivity contribution in [3.8, 4) is 0 Å². The number of hydrogen-bond acceptors (Lipinski definition) is 4. The predicted molar refractivity (Wildman–Crippen MR) is 88.7 cm³/mol. The first-order chi connectivity index (χ1) is 9.90. The van der Waals surface area contributed by atoms with Gasteiger partial charge in [0.15, 0.2) is 6.17 Å². The monoisotopic (exact) mass is 296 g/mol. The van der Waals surface area contributed by atoms with Crippen LogP contribution >= 0.6 is 23.5 Å². The maximum atomic E-state index is 4.77. The summed E-state index contributed by atoms with van der Waals surface area (Å²) in [6.45, 7) is 0. The Balaban J connectivity index is 1.61. The third kappa shape index (κ3) is 2.19. The van der Waals surface area contributed by atoms with Crippen molar-refractivity contribution in [3.63, 3.8) is 0 Å². The topological polar surface area (TPSA) is 24.7 Å². The molecule has 0 saturated carbocycles. The molecule has 4 rings (SSSR count). The standard InChI is InChI=1S/C16H12N2S2/c1-3-7-11(8-4-1)14-17-13-16(19-14)20-15(18-13)12-9-5-2-6-10-12/h1-10,13,16H. The summed E-state index contributed by atoms with van der Waals surface area (Å²) in [5, 5.41) is 2.23. The predicted octanol–water partition coefficient (Wildman–Crippen LogP) is 4.03. The fraction of sp³-hybridized carbons (Fsp3) is 0.125. The molecule has 0 aromatic heterocycles. The Labute approximate surface area is 126 Å². The molecule has 20 heavy (non-hydrogen) atoms. The van der Waals surface area contributed by atoms with Crippen molar-refractivity contribution in [2.24, 2.45) is 9.98 Å². The van der Waals surface area contributed by atoms with Crippen LogP contribution in [-0.2, 0) is 0 Å². The summed E-state index contributed by atoms with van der Waals surface area (Å²) in [5.74, 6) is 0. The second-order valence-corrected chi connectivity index (χ2v) is 7.18. The second-order valence-electron chi connectivity index (χ2n) is 4.62. The molecule has 0 atom stereocenters. The van der Waals surface area contributed by atoms with Crippen molar-refractivity contribution in [2.75, 3.05) is 0 Å². The first-order valence-corrected chi connectivity index (χ1v) is 8.26. The molecule has 0 unspecified atom stereocenters. The quantitative estimate of drug-likeness (QED) is 0.836. The van der Waals surface area contributed by atoms with Crippen molar-refractivity contribution in [1.82, 2.24) is 0 Å². The Morgan fingerprint density at radius 1 is 0.650 bits per heavy atom. The molecular formula is C16H12N2S2. The largest absolute Gasteiger partial charge is 0.249 e. The fourth-order valence-electron chi connectivity index (χ4n) is 2.26. The number of benzene rings is 2. The molecule has 0 amide bonds. The van der Waals surface area contributed by atoms with Gasteiger partial charge in [0, 0.05) is 11.1 Å². The lowest BCUT2D eigenvalue weighted by Crippen LogP contribution is -2.03. The van der Waals surface area contributed by atoms with E-state index in [0.29, 0.717) is 4.58 Å². The number of aliphatic imine (C=N–C) groups is 2. The van der Waals surface area contributed by atoms with Gasteiger partial charge in [-0.1, -0.05) is 84.2 Å². The van der Waals surface area contributed by atoms with Crippen LogP contribution in [0.15, 0.2) is 70.6 Å². The summed E-state index contributed by atoms with van der Waals surface area (Å²) in [6, 6.07) is 20.7. The molecule has 0 saturated heterocycles. The van der Waals surface area contributed by atoms with Gasteiger partial charge in [0.25, 0.3) is 0 Å². The fourth-order valence-corrected chi connectivity index (χ4v) is 4.81.